The van der Waals surface area contributed by atoms with Crippen molar-refractivity contribution in [2.75, 3.05) is 19.4 Å². The number of hydrogen-bond acceptors (Lipinski definition) is 2. The van der Waals surface area contributed by atoms with E-state index < -0.39 is 0 Å². The van der Waals surface area contributed by atoms with Crippen LogP contribution in [0.1, 0.15) is 38.7 Å². The van der Waals surface area contributed by atoms with E-state index in [0.717, 1.165) is 18.4 Å². The van der Waals surface area contributed by atoms with E-state index >= 15 is 0 Å². The lowest BCUT2D eigenvalue weighted by Gasteiger charge is -2.33. The second-order valence-corrected chi connectivity index (χ2v) is 6.54. The molecule has 0 radical (unpaired) electrons. The van der Waals surface area contributed by atoms with Gasteiger partial charge in [0.25, 0.3) is 0 Å². The van der Waals surface area contributed by atoms with E-state index in [4.69, 9.17) is 0 Å². The van der Waals surface area contributed by atoms with Crippen molar-refractivity contribution in [1.82, 2.24) is 4.90 Å². The van der Waals surface area contributed by atoms with Gasteiger partial charge in [0.05, 0.1) is 0 Å². The number of hydrogen-bond donors (Lipinski definition) is 1. The Bertz CT molecular complexity index is 383. The first-order valence-corrected chi connectivity index (χ1v) is 7.55. The van der Waals surface area contributed by atoms with Gasteiger partial charge in [0, 0.05) is 18.3 Å². The second kappa shape index (κ2) is 6.42. The molecule has 0 aromatic heterocycles. The summed E-state index contributed by atoms with van der Waals surface area (Å²) >= 11 is 0. The Balaban J connectivity index is 1.89. The average Bonchev–Trinajstić information content (AvgIpc) is 2.36. The van der Waals surface area contributed by atoms with Crippen molar-refractivity contribution >= 4 is 5.69 Å². The zero-order chi connectivity index (χ0) is 13.8. The van der Waals surface area contributed by atoms with Gasteiger partial charge in [-0.2, -0.15) is 0 Å². The number of nitrogens with zero attached hydrogens (tertiary/aromatic N) is 1. The maximum absolute atomic E-state index is 3.70. The van der Waals surface area contributed by atoms with Crippen LogP contribution in [0.25, 0.3) is 0 Å². The van der Waals surface area contributed by atoms with Gasteiger partial charge in [-0.3, -0.25) is 0 Å². The van der Waals surface area contributed by atoms with Crippen molar-refractivity contribution < 1.29 is 0 Å². The van der Waals surface area contributed by atoms with E-state index in [1.54, 1.807) is 0 Å². The van der Waals surface area contributed by atoms with Gasteiger partial charge in [-0.15, -0.1) is 0 Å². The van der Waals surface area contributed by atoms with Gasteiger partial charge in [0.2, 0.25) is 0 Å². The zero-order valence-corrected chi connectivity index (χ0v) is 12.8. The Morgan fingerprint density at radius 2 is 1.74 bits per heavy atom. The molecule has 0 bridgehead atoms. The highest BCUT2D eigenvalue weighted by atomic mass is 15.0. The van der Waals surface area contributed by atoms with Crippen LogP contribution in [0.5, 0.6) is 0 Å². The van der Waals surface area contributed by atoms with E-state index in [9.17, 15) is 0 Å². The lowest BCUT2D eigenvalue weighted by atomic mass is 9.79. The highest BCUT2D eigenvalue weighted by Gasteiger charge is 2.24. The summed E-state index contributed by atoms with van der Waals surface area (Å²) in [5, 5.41) is 3.70. The number of nitrogens with one attached hydrogen (secondary N) is 1. The van der Waals surface area contributed by atoms with E-state index in [-0.39, 0.29) is 0 Å². The fourth-order valence-corrected chi connectivity index (χ4v) is 2.99. The minimum Gasteiger partial charge on any atom is -0.382 e. The molecule has 2 nitrogen and oxygen atoms in total. The summed E-state index contributed by atoms with van der Waals surface area (Å²) in [6.07, 6.45) is 3.98. The van der Waals surface area contributed by atoms with Crippen LogP contribution in [0.2, 0.25) is 0 Å². The molecule has 0 amide bonds. The molecule has 0 aliphatic heterocycles. The lowest BCUT2D eigenvalue weighted by molar-refractivity contribution is 0.261. The molecule has 1 aliphatic carbocycles. The third-order valence-corrected chi connectivity index (χ3v) is 4.42. The number of benzene rings is 1. The standard InChI is InChI=1S/C17H28N2/c1-13-5-8-17(11-14(13)2)18-16-9-6-15(7-10-16)12-19(3)4/h6-7,9-10,13-14,17-18H,5,8,11-12H2,1-4H3. The normalized spacial score (nSPS) is 27.5. The average molecular weight is 260 g/mol. The summed E-state index contributed by atoms with van der Waals surface area (Å²) in [4.78, 5) is 2.20. The Kier molecular flexibility index (Phi) is 4.87. The van der Waals surface area contributed by atoms with E-state index in [1.807, 2.05) is 0 Å². The molecule has 3 atom stereocenters. The molecule has 2 heteroatoms. The van der Waals surface area contributed by atoms with Gasteiger partial charge in [-0.1, -0.05) is 26.0 Å². The van der Waals surface area contributed by atoms with Crippen LogP contribution in [-0.4, -0.2) is 25.0 Å². The molecular formula is C17H28N2. The smallest absolute Gasteiger partial charge is 0.0342 e. The molecule has 0 heterocycles. The molecular weight excluding hydrogens is 232 g/mol. The predicted molar refractivity (Wildman–Crippen MR) is 83.4 cm³/mol. The lowest BCUT2D eigenvalue weighted by Crippen LogP contribution is -2.30. The molecule has 0 saturated heterocycles. The molecule has 1 aromatic rings. The second-order valence-electron chi connectivity index (χ2n) is 6.54. The van der Waals surface area contributed by atoms with Crippen molar-refractivity contribution in [3.8, 4) is 0 Å². The summed E-state index contributed by atoms with van der Waals surface area (Å²) in [7, 11) is 4.22. The van der Waals surface area contributed by atoms with Crippen LogP contribution < -0.4 is 5.32 Å². The minimum atomic E-state index is 0.658. The molecule has 19 heavy (non-hydrogen) atoms. The number of anilines is 1. The molecule has 1 saturated carbocycles. The molecule has 1 fully saturated rings. The summed E-state index contributed by atoms with van der Waals surface area (Å²) in [5.41, 5.74) is 2.65. The summed E-state index contributed by atoms with van der Waals surface area (Å²) in [5.74, 6) is 1.74. The monoisotopic (exact) mass is 260 g/mol. The maximum Gasteiger partial charge on any atom is 0.0342 e. The fourth-order valence-electron chi connectivity index (χ4n) is 2.99. The van der Waals surface area contributed by atoms with Crippen LogP contribution in [-0.2, 0) is 6.54 Å². The van der Waals surface area contributed by atoms with Crippen molar-refractivity contribution in [3.63, 3.8) is 0 Å². The minimum absolute atomic E-state index is 0.658. The summed E-state index contributed by atoms with van der Waals surface area (Å²) in [6.45, 7) is 5.79. The van der Waals surface area contributed by atoms with Crippen molar-refractivity contribution in [2.24, 2.45) is 11.8 Å². The Labute approximate surface area is 118 Å². The van der Waals surface area contributed by atoms with Gasteiger partial charge >= 0.3 is 0 Å². The van der Waals surface area contributed by atoms with Gasteiger partial charge in [0.1, 0.15) is 0 Å². The van der Waals surface area contributed by atoms with Gasteiger partial charge in [0.15, 0.2) is 0 Å². The number of rotatable bonds is 4. The predicted octanol–water partition coefficient (Wildman–Crippen LogP) is 3.98. The molecule has 1 N–H and O–H groups in total. The van der Waals surface area contributed by atoms with E-state index in [0.29, 0.717) is 6.04 Å². The maximum atomic E-state index is 3.70. The van der Waals surface area contributed by atoms with Gasteiger partial charge in [-0.05, 0) is 62.9 Å². The third kappa shape index (κ3) is 4.24. The van der Waals surface area contributed by atoms with E-state index in [1.165, 1.54) is 30.5 Å². The van der Waals surface area contributed by atoms with Gasteiger partial charge < -0.3 is 10.2 Å². The molecule has 3 unspecified atom stereocenters. The fraction of sp³-hybridized carbons (Fsp3) is 0.647. The van der Waals surface area contributed by atoms with Crippen LogP contribution in [0, 0.1) is 11.8 Å². The first kappa shape index (κ1) is 14.4. The van der Waals surface area contributed by atoms with Crippen molar-refractivity contribution in [3.05, 3.63) is 29.8 Å². The molecule has 1 aromatic carbocycles. The van der Waals surface area contributed by atoms with Crippen molar-refractivity contribution in [1.29, 1.82) is 0 Å². The summed E-state index contributed by atoms with van der Waals surface area (Å²) < 4.78 is 0. The SMILES string of the molecule is CC1CCC(Nc2ccc(CN(C)C)cc2)CC1C. The summed E-state index contributed by atoms with van der Waals surface area (Å²) in [6, 6.07) is 9.57. The Morgan fingerprint density at radius 1 is 1.05 bits per heavy atom. The Hall–Kier alpha value is -1.02. The third-order valence-electron chi connectivity index (χ3n) is 4.42. The van der Waals surface area contributed by atoms with Gasteiger partial charge in [-0.25, -0.2) is 0 Å². The molecule has 2 rings (SSSR count). The van der Waals surface area contributed by atoms with Crippen molar-refractivity contribution in [2.45, 2.75) is 45.7 Å². The van der Waals surface area contributed by atoms with Crippen LogP contribution in [0.4, 0.5) is 5.69 Å². The highest BCUT2D eigenvalue weighted by Crippen LogP contribution is 2.31. The van der Waals surface area contributed by atoms with Crippen LogP contribution in [0.15, 0.2) is 24.3 Å². The quantitative estimate of drug-likeness (QED) is 0.880. The van der Waals surface area contributed by atoms with Crippen LogP contribution in [0.3, 0.4) is 0 Å². The first-order valence-electron chi connectivity index (χ1n) is 7.55. The molecule has 0 spiro atoms. The zero-order valence-electron chi connectivity index (χ0n) is 12.8. The van der Waals surface area contributed by atoms with Crippen LogP contribution >= 0.6 is 0 Å². The highest BCUT2D eigenvalue weighted by molar-refractivity contribution is 5.45. The topological polar surface area (TPSA) is 15.3 Å². The largest absolute Gasteiger partial charge is 0.382 e. The Morgan fingerprint density at radius 3 is 2.32 bits per heavy atom. The van der Waals surface area contributed by atoms with E-state index in [2.05, 4.69) is 62.4 Å². The molecule has 1 aliphatic rings. The molecule has 106 valence electrons. The first-order chi connectivity index (χ1) is 9.04.